The highest BCUT2D eigenvalue weighted by Gasteiger charge is 2.52. The Morgan fingerprint density at radius 2 is 1.86 bits per heavy atom. The minimum atomic E-state index is -0.520. The normalized spacial score (nSPS) is 22.4. The Kier molecular flexibility index (Phi) is 4.09. The van der Waals surface area contributed by atoms with E-state index in [0.29, 0.717) is 13.1 Å². The predicted molar refractivity (Wildman–Crippen MR) is 108 cm³/mol. The van der Waals surface area contributed by atoms with E-state index < -0.39 is 5.72 Å². The van der Waals surface area contributed by atoms with Crippen LogP contribution in [0.1, 0.15) is 43.4 Å². The topological polar surface area (TPSA) is 45.1 Å². The predicted octanol–water partition coefficient (Wildman–Crippen LogP) is 4.22. The molecule has 0 N–H and O–H groups in total. The van der Waals surface area contributed by atoms with E-state index in [2.05, 4.69) is 11.1 Å². The minimum absolute atomic E-state index is 0.115. The Balaban J connectivity index is 1.56. The molecule has 5 nitrogen and oxygen atoms in total. The molecule has 6 heteroatoms. The third-order valence-electron chi connectivity index (χ3n) is 6.08. The van der Waals surface area contributed by atoms with Crippen molar-refractivity contribution in [3.8, 4) is 5.75 Å². The summed E-state index contributed by atoms with van der Waals surface area (Å²) < 4.78 is 6.56. The van der Waals surface area contributed by atoms with Crippen molar-refractivity contribution in [1.82, 2.24) is 9.91 Å². The first kappa shape index (κ1) is 17.6. The van der Waals surface area contributed by atoms with Gasteiger partial charge in [0.25, 0.3) is 0 Å². The third-order valence-corrected chi connectivity index (χ3v) is 6.41. The smallest absolute Gasteiger partial charge is 0.219 e. The monoisotopic (exact) mass is 395 g/mol. The zero-order chi connectivity index (χ0) is 19.3. The van der Waals surface area contributed by atoms with Gasteiger partial charge in [-0.3, -0.25) is 4.79 Å². The molecular weight excluding hydrogens is 374 g/mol. The van der Waals surface area contributed by atoms with Crippen LogP contribution < -0.4 is 4.74 Å². The van der Waals surface area contributed by atoms with Crippen molar-refractivity contribution in [2.24, 2.45) is 5.10 Å². The van der Waals surface area contributed by atoms with E-state index in [1.54, 1.807) is 6.92 Å². The Bertz CT molecular complexity index is 966. The molecule has 0 bridgehead atoms. The molecule has 0 aliphatic carbocycles. The van der Waals surface area contributed by atoms with E-state index in [1.807, 2.05) is 47.4 Å². The number of carbonyl (C=O) groups excluding carboxylic acids is 1. The van der Waals surface area contributed by atoms with Crippen LogP contribution >= 0.6 is 11.6 Å². The van der Waals surface area contributed by atoms with Gasteiger partial charge in [0.2, 0.25) is 11.6 Å². The van der Waals surface area contributed by atoms with Crippen molar-refractivity contribution in [2.75, 3.05) is 13.1 Å². The van der Waals surface area contributed by atoms with Crippen LogP contribution in [0.25, 0.3) is 0 Å². The van der Waals surface area contributed by atoms with Gasteiger partial charge in [0, 0.05) is 55.4 Å². The van der Waals surface area contributed by atoms with E-state index >= 15 is 0 Å². The maximum absolute atomic E-state index is 11.8. The van der Waals surface area contributed by atoms with Crippen LogP contribution in [0.4, 0.5) is 0 Å². The van der Waals surface area contributed by atoms with Crippen molar-refractivity contribution in [1.29, 1.82) is 0 Å². The number of carbonyl (C=O) groups is 1. The molecule has 3 aliphatic heterocycles. The first-order valence-corrected chi connectivity index (χ1v) is 10.1. The number of ether oxygens (including phenoxy) is 1. The van der Waals surface area contributed by atoms with Gasteiger partial charge in [-0.1, -0.05) is 48.0 Å². The maximum Gasteiger partial charge on any atom is 0.219 e. The van der Waals surface area contributed by atoms with Crippen molar-refractivity contribution >= 4 is 23.2 Å². The molecule has 0 saturated carbocycles. The molecular formula is C22H22ClN3O2. The van der Waals surface area contributed by atoms with E-state index in [0.717, 1.165) is 46.9 Å². The van der Waals surface area contributed by atoms with Gasteiger partial charge in [0.15, 0.2) is 0 Å². The van der Waals surface area contributed by atoms with E-state index in [4.69, 9.17) is 21.4 Å². The van der Waals surface area contributed by atoms with Crippen LogP contribution in [-0.4, -0.2) is 40.3 Å². The summed E-state index contributed by atoms with van der Waals surface area (Å²) in [5, 5.41) is 7.89. The molecule has 28 heavy (non-hydrogen) atoms. The number of likely N-dealkylation sites (tertiary alicyclic amines) is 1. The highest BCUT2D eigenvalue weighted by Crippen LogP contribution is 2.50. The summed E-state index contributed by atoms with van der Waals surface area (Å²) in [5.41, 5.74) is 2.61. The number of hydrogen-bond donors (Lipinski definition) is 0. The fourth-order valence-corrected chi connectivity index (χ4v) is 4.83. The second-order valence-electron chi connectivity index (χ2n) is 7.68. The van der Waals surface area contributed by atoms with Gasteiger partial charge < -0.3 is 9.64 Å². The molecule has 1 amide bonds. The van der Waals surface area contributed by atoms with Crippen LogP contribution in [0.3, 0.4) is 0 Å². The molecule has 2 aromatic carbocycles. The van der Waals surface area contributed by atoms with Crippen LogP contribution in [0.5, 0.6) is 5.75 Å². The van der Waals surface area contributed by atoms with Crippen molar-refractivity contribution < 1.29 is 9.53 Å². The van der Waals surface area contributed by atoms with E-state index in [9.17, 15) is 4.79 Å². The summed E-state index contributed by atoms with van der Waals surface area (Å²) in [4.78, 5) is 13.7. The summed E-state index contributed by atoms with van der Waals surface area (Å²) in [6, 6.07) is 16.2. The van der Waals surface area contributed by atoms with Gasteiger partial charge in [-0.2, -0.15) is 5.10 Å². The first-order chi connectivity index (χ1) is 13.6. The van der Waals surface area contributed by atoms with Crippen molar-refractivity contribution in [3.05, 3.63) is 64.7 Å². The molecule has 0 radical (unpaired) electrons. The van der Waals surface area contributed by atoms with Crippen LogP contribution in [-0.2, 0) is 4.79 Å². The number of halogens is 1. The van der Waals surface area contributed by atoms with E-state index in [1.165, 1.54) is 0 Å². The lowest BCUT2D eigenvalue weighted by Gasteiger charge is -2.51. The molecule has 5 rings (SSSR count). The third kappa shape index (κ3) is 2.68. The Morgan fingerprint density at radius 3 is 2.61 bits per heavy atom. The number of para-hydroxylation sites is 1. The SMILES string of the molecule is CC(=O)N1CCC2(CC1)Oc1ccccc1[C@@H]1CC(c3ccccc3Cl)=NN12. The summed E-state index contributed by atoms with van der Waals surface area (Å²) in [6.45, 7) is 2.98. The summed E-state index contributed by atoms with van der Waals surface area (Å²) in [5.74, 6) is 1.04. The number of nitrogens with zero attached hydrogens (tertiary/aromatic N) is 3. The van der Waals surface area contributed by atoms with Crippen molar-refractivity contribution in [3.63, 3.8) is 0 Å². The lowest BCUT2D eigenvalue weighted by Crippen LogP contribution is -2.59. The maximum atomic E-state index is 11.8. The summed E-state index contributed by atoms with van der Waals surface area (Å²) in [6.07, 6.45) is 2.26. The fourth-order valence-electron chi connectivity index (χ4n) is 4.59. The van der Waals surface area contributed by atoms with Crippen molar-refractivity contribution in [2.45, 2.75) is 38.0 Å². The van der Waals surface area contributed by atoms with Gasteiger partial charge in [0.05, 0.1) is 11.8 Å². The second-order valence-corrected chi connectivity index (χ2v) is 8.09. The molecule has 3 aliphatic rings. The van der Waals surface area contributed by atoms with E-state index in [-0.39, 0.29) is 11.9 Å². The molecule has 144 valence electrons. The number of piperidine rings is 1. The van der Waals surface area contributed by atoms with Gasteiger partial charge >= 0.3 is 0 Å². The molecule has 1 spiro atoms. The Morgan fingerprint density at radius 1 is 1.14 bits per heavy atom. The number of fused-ring (bicyclic) bond motifs is 4. The average molecular weight is 396 g/mol. The number of hydrogen-bond acceptors (Lipinski definition) is 4. The highest BCUT2D eigenvalue weighted by molar-refractivity contribution is 6.34. The Hall–Kier alpha value is -2.53. The van der Waals surface area contributed by atoms with Gasteiger partial charge in [-0.05, 0) is 12.1 Å². The number of benzene rings is 2. The lowest BCUT2D eigenvalue weighted by molar-refractivity contribution is -0.158. The molecule has 0 unspecified atom stereocenters. The zero-order valence-corrected chi connectivity index (χ0v) is 16.5. The Labute approximate surface area is 169 Å². The largest absolute Gasteiger partial charge is 0.466 e. The first-order valence-electron chi connectivity index (χ1n) is 9.73. The average Bonchev–Trinajstić information content (AvgIpc) is 3.15. The quantitative estimate of drug-likeness (QED) is 0.726. The molecule has 2 aromatic rings. The van der Waals surface area contributed by atoms with Gasteiger partial charge in [-0.25, -0.2) is 5.01 Å². The second kappa shape index (κ2) is 6.52. The molecule has 0 aromatic heterocycles. The number of hydrazone groups is 1. The minimum Gasteiger partial charge on any atom is -0.466 e. The van der Waals surface area contributed by atoms with Crippen LogP contribution in [0.15, 0.2) is 53.6 Å². The van der Waals surface area contributed by atoms with Crippen LogP contribution in [0, 0.1) is 0 Å². The molecule has 1 saturated heterocycles. The van der Waals surface area contributed by atoms with Gasteiger partial charge in [0.1, 0.15) is 5.75 Å². The number of rotatable bonds is 1. The standard InChI is InChI=1S/C22H22ClN3O2/c1-15(27)25-12-10-22(11-13-25)26-20(17-7-3-5-9-21(17)28-22)14-19(24-26)16-6-2-4-8-18(16)23/h2-9,20H,10-14H2,1H3/t20-/m0/s1. The highest BCUT2D eigenvalue weighted by atomic mass is 35.5. The summed E-state index contributed by atoms with van der Waals surface area (Å²) >= 11 is 6.46. The molecule has 1 atom stereocenters. The fraction of sp³-hybridized carbons (Fsp3) is 0.364. The molecule has 3 heterocycles. The molecule has 1 fully saturated rings. The number of amides is 1. The zero-order valence-electron chi connectivity index (χ0n) is 15.8. The summed E-state index contributed by atoms with van der Waals surface area (Å²) in [7, 11) is 0. The van der Waals surface area contributed by atoms with Crippen LogP contribution in [0.2, 0.25) is 5.02 Å². The lowest BCUT2D eigenvalue weighted by atomic mass is 9.90. The van der Waals surface area contributed by atoms with Gasteiger partial charge in [-0.15, -0.1) is 0 Å².